The van der Waals surface area contributed by atoms with Gasteiger partial charge >= 0.3 is 0 Å². The SMILES string of the molecule is CC1Cc2cc(Br)ccc2C(c2ccc(Cl)cc2)N=N1. The lowest BCUT2D eigenvalue weighted by molar-refractivity contribution is 0.680. The second-order valence-electron chi connectivity index (χ2n) is 5.08. The van der Waals surface area contributed by atoms with Crippen LogP contribution >= 0.6 is 27.5 Å². The van der Waals surface area contributed by atoms with Crippen molar-refractivity contribution in [3.05, 3.63) is 68.7 Å². The summed E-state index contributed by atoms with van der Waals surface area (Å²) in [7, 11) is 0. The maximum atomic E-state index is 5.97. The lowest BCUT2D eigenvalue weighted by Gasteiger charge is -2.14. The van der Waals surface area contributed by atoms with Crippen molar-refractivity contribution in [2.24, 2.45) is 10.2 Å². The average Bonchev–Trinajstić information content (AvgIpc) is 2.58. The van der Waals surface area contributed by atoms with E-state index in [0.717, 1.165) is 21.5 Å². The van der Waals surface area contributed by atoms with Gasteiger partial charge in [-0.25, -0.2) is 0 Å². The van der Waals surface area contributed by atoms with E-state index in [1.54, 1.807) is 0 Å². The molecular weight excluding hydrogens is 336 g/mol. The maximum absolute atomic E-state index is 5.97. The van der Waals surface area contributed by atoms with Crippen LogP contribution in [0.15, 0.2) is 57.2 Å². The first-order valence-corrected chi connectivity index (χ1v) is 7.74. The number of rotatable bonds is 1. The molecule has 0 radical (unpaired) electrons. The monoisotopic (exact) mass is 348 g/mol. The predicted octanol–water partition coefficient (Wildman–Crippen LogP) is 5.59. The van der Waals surface area contributed by atoms with Gasteiger partial charge in [0, 0.05) is 9.50 Å². The molecule has 2 unspecified atom stereocenters. The topological polar surface area (TPSA) is 24.7 Å². The Bertz CT molecular complexity index is 652. The minimum atomic E-state index is -0.0414. The van der Waals surface area contributed by atoms with Crippen LogP contribution in [0, 0.1) is 0 Å². The van der Waals surface area contributed by atoms with Crippen LogP contribution < -0.4 is 0 Å². The Morgan fingerprint density at radius 1 is 1.10 bits per heavy atom. The van der Waals surface area contributed by atoms with E-state index in [-0.39, 0.29) is 12.1 Å². The van der Waals surface area contributed by atoms with E-state index >= 15 is 0 Å². The molecule has 0 saturated heterocycles. The Morgan fingerprint density at radius 2 is 1.85 bits per heavy atom. The van der Waals surface area contributed by atoms with E-state index in [2.05, 4.69) is 51.3 Å². The van der Waals surface area contributed by atoms with Gasteiger partial charge in [0.25, 0.3) is 0 Å². The van der Waals surface area contributed by atoms with Crippen molar-refractivity contribution in [3.8, 4) is 0 Å². The standard InChI is InChI=1S/C16H14BrClN2/c1-10-8-12-9-13(17)4-7-15(12)16(20-19-10)11-2-5-14(18)6-3-11/h2-7,9-10,16H,8H2,1H3. The Labute approximate surface area is 132 Å². The molecule has 1 heterocycles. The molecule has 0 bridgehead atoms. The van der Waals surface area contributed by atoms with Crippen LogP contribution in [0.4, 0.5) is 0 Å². The Kier molecular flexibility index (Phi) is 3.90. The van der Waals surface area contributed by atoms with Gasteiger partial charge in [-0.3, -0.25) is 0 Å². The zero-order valence-electron chi connectivity index (χ0n) is 11.1. The lowest BCUT2D eigenvalue weighted by atomic mass is 9.93. The summed E-state index contributed by atoms with van der Waals surface area (Å²) in [4.78, 5) is 0. The molecule has 0 aliphatic carbocycles. The van der Waals surface area contributed by atoms with Gasteiger partial charge in [-0.05, 0) is 54.3 Å². The molecule has 4 heteroatoms. The fourth-order valence-electron chi connectivity index (χ4n) is 2.51. The zero-order valence-corrected chi connectivity index (χ0v) is 13.4. The van der Waals surface area contributed by atoms with Crippen molar-refractivity contribution >= 4 is 27.5 Å². The highest BCUT2D eigenvalue weighted by atomic mass is 79.9. The minimum absolute atomic E-state index is 0.0414. The summed E-state index contributed by atoms with van der Waals surface area (Å²) in [5.74, 6) is 0. The lowest BCUT2D eigenvalue weighted by Crippen LogP contribution is -2.03. The molecule has 2 atom stereocenters. The smallest absolute Gasteiger partial charge is 0.121 e. The number of benzene rings is 2. The molecule has 20 heavy (non-hydrogen) atoms. The van der Waals surface area contributed by atoms with Crippen molar-refractivity contribution in [2.75, 3.05) is 0 Å². The first kappa shape index (κ1) is 13.8. The summed E-state index contributed by atoms with van der Waals surface area (Å²) in [6, 6.07) is 14.4. The number of halogens is 2. The molecule has 2 aromatic carbocycles. The molecule has 3 rings (SSSR count). The molecule has 0 N–H and O–H groups in total. The molecular formula is C16H14BrClN2. The predicted molar refractivity (Wildman–Crippen MR) is 85.5 cm³/mol. The van der Waals surface area contributed by atoms with Crippen LogP contribution in [-0.2, 0) is 6.42 Å². The highest BCUT2D eigenvalue weighted by Gasteiger charge is 2.21. The Balaban J connectivity index is 2.10. The summed E-state index contributed by atoms with van der Waals surface area (Å²) in [5.41, 5.74) is 3.65. The van der Waals surface area contributed by atoms with E-state index in [1.165, 1.54) is 11.1 Å². The molecule has 0 amide bonds. The number of nitrogens with zero attached hydrogens (tertiary/aromatic N) is 2. The minimum Gasteiger partial charge on any atom is -0.190 e. The number of hydrogen-bond acceptors (Lipinski definition) is 2. The molecule has 2 nitrogen and oxygen atoms in total. The van der Waals surface area contributed by atoms with E-state index in [4.69, 9.17) is 11.6 Å². The third-order valence-corrected chi connectivity index (χ3v) is 4.23. The molecule has 2 aromatic rings. The number of hydrogen-bond donors (Lipinski definition) is 0. The van der Waals surface area contributed by atoms with Gasteiger partial charge in [0.1, 0.15) is 6.04 Å². The van der Waals surface area contributed by atoms with E-state index < -0.39 is 0 Å². The van der Waals surface area contributed by atoms with Gasteiger partial charge < -0.3 is 0 Å². The van der Waals surface area contributed by atoms with Gasteiger partial charge in [0.05, 0.1) is 6.04 Å². The highest BCUT2D eigenvalue weighted by molar-refractivity contribution is 9.10. The van der Waals surface area contributed by atoms with Crippen LogP contribution in [0.2, 0.25) is 5.02 Å². The summed E-state index contributed by atoms with van der Waals surface area (Å²) in [5, 5.41) is 9.71. The summed E-state index contributed by atoms with van der Waals surface area (Å²) in [6.07, 6.45) is 0.919. The highest BCUT2D eigenvalue weighted by Crippen LogP contribution is 2.34. The second-order valence-corrected chi connectivity index (χ2v) is 6.43. The van der Waals surface area contributed by atoms with Crippen molar-refractivity contribution < 1.29 is 0 Å². The molecule has 0 aromatic heterocycles. The van der Waals surface area contributed by atoms with Crippen molar-refractivity contribution in [3.63, 3.8) is 0 Å². The zero-order chi connectivity index (χ0) is 14.1. The fourth-order valence-corrected chi connectivity index (χ4v) is 3.05. The van der Waals surface area contributed by atoms with E-state index in [0.29, 0.717) is 0 Å². The van der Waals surface area contributed by atoms with Crippen molar-refractivity contribution in [2.45, 2.75) is 25.4 Å². The average molecular weight is 350 g/mol. The van der Waals surface area contributed by atoms with E-state index in [9.17, 15) is 0 Å². The van der Waals surface area contributed by atoms with Crippen molar-refractivity contribution in [1.82, 2.24) is 0 Å². The van der Waals surface area contributed by atoms with Crippen LogP contribution in [0.25, 0.3) is 0 Å². The first-order valence-electron chi connectivity index (χ1n) is 6.57. The first-order chi connectivity index (χ1) is 9.63. The number of fused-ring (bicyclic) bond motifs is 1. The molecule has 1 aliphatic heterocycles. The quantitative estimate of drug-likeness (QED) is 0.641. The Hall–Kier alpha value is -1.19. The summed E-state index contributed by atoms with van der Waals surface area (Å²) in [6.45, 7) is 2.10. The van der Waals surface area contributed by atoms with Gasteiger partial charge in [-0.15, -0.1) is 0 Å². The molecule has 0 spiro atoms. The summed E-state index contributed by atoms with van der Waals surface area (Å²) < 4.78 is 1.10. The maximum Gasteiger partial charge on any atom is 0.121 e. The van der Waals surface area contributed by atoms with Crippen LogP contribution in [0.5, 0.6) is 0 Å². The van der Waals surface area contributed by atoms with Gasteiger partial charge in [-0.1, -0.05) is 45.7 Å². The molecule has 0 saturated carbocycles. The summed E-state index contributed by atoms with van der Waals surface area (Å²) >= 11 is 9.51. The number of azo groups is 1. The van der Waals surface area contributed by atoms with E-state index in [1.807, 2.05) is 24.3 Å². The van der Waals surface area contributed by atoms with Crippen LogP contribution in [0.1, 0.15) is 29.7 Å². The fraction of sp³-hybridized carbons (Fsp3) is 0.250. The largest absolute Gasteiger partial charge is 0.190 e. The van der Waals surface area contributed by atoms with Crippen molar-refractivity contribution in [1.29, 1.82) is 0 Å². The van der Waals surface area contributed by atoms with Gasteiger partial charge in [-0.2, -0.15) is 10.2 Å². The molecule has 1 aliphatic rings. The van der Waals surface area contributed by atoms with Gasteiger partial charge in [0.15, 0.2) is 0 Å². The molecule has 102 valence electrons. The Morgan fingerprint density at radius 3 is 2.60 bits per heavy atom. The van der Waals surface area contributed by atoms with Gasteiger partial charge in [0.2, 0.25) is 0 Å². The molecule has 0 fully saturated rings. The normalized spacial score (nSPS) is 21.4. The second kappa shape index (κ2) is 5.66. The third kappa shape index (κ3) is 2.79. The van der Waals surface area contributed by atoms with Crippen LogP contribution in [0.3, 0.4) is 0 Å². The van der Waals surface area contributed by atoms with Crippen LogP contribution in [-0.4, -0.2) is 6.04 Å². The third-order valence-electron chi connectivity index (χ3n) is 3.48.